The number of carbonyl (C=O) groups is 1. The van der Waals surface area contributed by atoms with Gasteiger partial charge in [-0.3, -0.25) is 10.1 Å². The van der Waals surface area contributed by atoms with E-state index >= 15 is 0 Å². The highest BCUT2D eigenvalue weighted by Crippen LogP contribution is 2.42. The Balaban J connectivity index is 1.91. The van der Waals surface area contributed by atoms with Crippen LogP contribution in [0.5, 0.6) is 0 Å². The lowest BCUT2D eigenvalue weighted by molar-refractivity contribution is -0.121. The highest BCUT2D eigenvalue weighted by Gasteiger charge is 2.42. The number of nitrogens with one attached hydrogen (secondary N) is 1. The summed E-state index contributed by atoms with van der Waals surface area (Å²) in [6.07, 6.45) is 3.84. The van der Waals surface area contributed by atoms with Gasteiger partial charge in [-0.05, 0) is 30.5 Å². The lowest BCUT2D eigenvalue weighted by atomic mass is 9.78. The van der Waals surface area contributed by atoms with Crippen molar-refractivity contribution in [2.75, 3.05) is 5.32 Å². The lowest BCUT2D eigenvalue weighted by Crippen LogP contribution is -2.37. The Kier molecular flexibility index (Phi) is 3.72. The number of nitrogens with zero attached hydrogens (tertiary/aromatic N) is 2. The number of hydrogen-bond donors (Lipinski definition) is 1. The van der Waals surface area contributed by atoms with Crippen LogP contribution in [-0.2, 0) is 10.2 Å². The van der Waals surface area contributed by atoms with Crippen molar-refractivity contribution < 1.29 is 4.79 Å². The van der Waals surface area contributed by atoms with Gasteiger partial charge in [0.15, 0.2) is 0 Å². The Hall–Kier alpha value is -1.46. The minimum absolute atomic E-state index is 0.00840. The third-order valence-corrected chi connectivity index (χ3v) is 4.73. The van der Waals surface area contributed by atoms with Gasteiger partial charge < -0.3 is 0 Å². The van der Waals surface area contributed by atoms with Crippen LogP contribution >= 0.6 is 22.9 Å². The molecule has 1 saturated carbocycles. The molecule has 0 atom stereocenters. The third kappa shape index (κ3) is 2.43. The van der Waals surface area contributed by atoms with Gasteiger partial charge in [0, 0.05) is 5.02 Å². The van der Waals surface area contributed by atoms with Crippen LogP contribution in [0.2, 0.25) is 5.02 Å². The van der Waals surface area contributed by atoms with Crippen LogP contribution in [0.3, 0.4) is 0 Å². The zero-order chi connectivity index (χ0) is 14.0. The van der Waals surface area contributed by atoms with Crippen LogP contribution in [0.25, 0.3) is 0 Å². The van der Waals surface area contributed by atoms with Crippen LogP contribution in [0.4, 0.5) is 5.13 Å². The molecule has 0 unspecified atom stereocenters. The molecule has 1 aromatic heterocycles. The summed E-state index contributed by atoms with van der Waals surface area (Å²) in [5.74, 6) is 0.00840. The van der Waals surface area contributed by atoms with E-state index < -0.39 is 5.41 Å². The second-order valence-corrected chi connectivity index (χ2v) is 6.26. The number of anilines is 1. The van der Waals surface area contributed by atoms with Crippen LogP contribution < -0.4 is 5.32 Å². The number of rotatable bonds is 3. The Morgan fingerprint density at radius 2 is 1.95 bits per heavy atom. The monoisotopic (exact) mass is 307 g/mol. The van der Waals surface area contributed by atoms with Gasteiger partial charge in [-0.25, -0.2) is 0 Å². The molecule has 1 fully saturated rings. The van der Waals surface area contributed by atoms with Crippen LogP contribution in [0.1, 0.15) is 31.2 Å². The molecule has 1 aromatic carbocycles. The lowest BCUT2D eigenvalue weighted by Gasteiger charge is -2.27. The van der Waals surface area contributed by atoms with Crippen molar-refractivity contribution in [1.29, 1.82) is 0 Å². The normalized spacial score (nSPS) is 17.1. The number of hydrogen-bond acceptors (Lipinski definition) is 4. The van der Waals surface area contributed by atoms with E-state index in [9.17, 15) is 4.79 Å². The maximum absolute atomic E-state index is 12.7. The van der Waals surface area contributed by atoms with E-state index in [4.69, 9.17) is 11.6 Å². The number of halogens is 1. The van der Waals surface area contributed by atoms with Crippen molar-refractivity contribution in [3.05, 3.63) is 40.4 Å². The van der Waals surface area contributed by atoms with Gasteiger partial charge in [0.05, 0.1) is 5.41 Å². The molecule has 1 N–H and O–H groups in total. The van der Waals surface area contributed by atoms with Gasteiger partial charge >= 0.3 is 0 Å². The van der Waals surface area contributed by atoms with Gasteiger partial charge in [-0.2, -0.15) is 0 Å². The molecular weight excluding hydrogens is 294 g/mol. The maximum Gasteiger partial charge on any atom is 0.236 e. The first kappa shape index (κ1) is 13.5. The molecule has 0 bridgehead atoms. The largest absolute Gasteiger partial charge is 0.300 e. The topological polar surface area (TPSA) is 54.9 Å². The second kappa shape index (κ2) is 5.50. The summed E-state index contributed by atoms with van der Waals surface area (Å²) in [6, 6.07) is 7.59. The molecule has 1 aliphatic rings. The number of carbonyl (C=O) groups excluding carboxylic acids is 1. The van der Waals surface area contributed by atoms with E-state index in [1.54, 1.807) is 5.51 Å². The minimum Gasteiger partial charge on any atom is -0.300 e. The van der Waals surface area contributed by atoms with Gasteiger partial charge in [0.25, 0.3) is 0 Å². The zero-order valence-corrected chi connectivity index (χ0v) is 12.4. The van der Waals surface area contributed by atoms with Gasteiger partial charge in [0.1, 0.15) is 5.51 Å². The molecule has 1 amide bonds. The van der Waals surface area contributed by atoms with E-state index in [1.807, 2.05) is 24.3 Å². The fourth-order valence-electron chi connectivity index (χ4n) is 2.84. The first-order valence-electron chi connectivity index (χ1n) is 6.54. The molecule has 0 spiro atoms. The summed E-state index contributed by atoms with van der Waals surface area (Å²) in [5.41, 5.74) is 2.18. The zero-order valence-electron chi connectivity index (χ0n) is 10.8. The number of amides is 1. The molecule has 1 aliphatic carbocycles. The van der Waals surface area contributed by atoms with E-state index in [2.05, 4.69) is 15.5 Å². The van der Waals surface area contributed by atoms with Crippen LogP contribution in [-0.4, -0.2) is 16.1 Å². The molecule has 104 valence electrons. The van der Waals surface area contributed by atoms with Gasteiger partial charge in [-0.15, -0.1) is 10.2 Å². The highest BCUT2D eigenvalue weighted by molar-refractivity contribution is 7.13. The van der Waals surface area contributed by atoms with Crippen molar-refractivity contribution in [2.24, 2.45) is 0 Å². The molecule has 1 heterocycles. The van der Waals surface area contributed by atoms with Crippen LogP contribution in [0.15, 0.2) is 29.8 Å². The van der Waals surface area contributed by atoms with E-state index in [1.165, 1.54) is 11.3 Å². The van der Waals surface area contributed by atoms with Crippen LogP contribution in [0, 0.1) is 0 Å². The number of benzene rings is 1. The first-order valence-corrected chi connectivity index (χ1v) is 7.80. The minimum atomic E-state index is -0.462. The fraction of sp³-hybridized carbons (Fsp3) is 0.357. The summed E-state index contributed by atoms with van der Waals surface area (Å²) in [4.78, 5) is 12.7. The van der Waals surface area contributed by atoms with Gasteiger partial charge in [-0.1, -0.05) is 47.9 Å². The summed E-state index contributed by atoms with van der Waals surface area (Å²) in [6.45, 7) is 0. The molecule has 20 heavy (non-hydrogen) atoms. The summed E-state index contributed by atoms with van der Waals surface area (Å²) in [7, 11) is 0. The van der Waals surface area contributed by atoms with Crippen molar-refractivity contribution in [1.82, 2.24) is 10.2 Å². The van der Waals surface area contributed by atoms with E-state index in [0.717, 1.165) is 31.2 Å². The van der Waals surface area contributed by atoms with Crippen molar-refractivity contribution in [3.8, 4) is 0 Å². The average Bonchev–Trinajstić information content (AvgIpc) is 3.10. The van der Waals surface area contributed by atoms with Crippen molar-refractivity contribution >= 4 is 34.0 Å². The first-order chi connectivity index (χ1) is 9.71. The third-order valence-electron chi connectivity index (χ3n) is 3.87. The average molecular weight is 308 g/mol. The number of aromatic nitrogens is 2. The molecule has 2 aromatic rings. The summed E-state index contributed by atoms with van der Waals surface area (Å²) >= 11 is 7.27. The quantitative estimate of drug-likeness (QED) is 0.942. The molecule has 0 radical (unpaired) electrons. The summed E-state index contributed by atoms with van der Waals surface area (Å²) in [5, 5.41) is 11.8. The summed E-state index contributed by atoms with van der Waals surface area (Å²) < 4.78 is 0. The van der Waals surface area contributed by atoms with Crippen molar-refractivity contribution in [2.45, 2.75) is 31.1 Å². The standard InChI is InChI=1S/C14H14ClN3OS/c15-11-5-3-10(4-6-11)14(7-1-2-8-14)12(19)17-13-18-16-9-20-13/h3-6,9H,1-2,7-8H2,(H,17,18,19). The Bertz CT molecular complexity index is 591. The van der Waals surface area contributed by atoms with Crippen molar-refractivity contribution in [3.63, 3.8) is 0 Å². The SMILES string of the molecule is O=C(Nc1nncs1)C1(c2ccc(Cl)cc2)CCCC1. The smallest absolute Gasteiger partial charge is 0.236 e. The molecule has 0 aliphatic heterocycles. The molecular formula is C14H14ClN3OS. The van der Waals surface area contributed by atoms with E-state index in [0.29, 0.717) is 10.2 Å². The molecule has 3 rings (SSSR count). The maximum atomic E-state index is 12.7. The predicted molar refractivity (Wildman–Crippen MR) is 80.1 cm³/mol. The Labute approximate surface area is 126 Å². The fourth-order valence-corrected chi connectivity index (χ4v) is 3.40. The Morgan fingerprint density at radius 1 is 1.25 bits per heavy atom. The molecule has 4 nitrogen and oxygen atoms in total. The highest BCUT2D eigenvalue weighted by atomic mass is 35.5. The molecule has 6 heteroatoms. The molecule has 0 saturated heterocycles. The van der Waals surface area contributed by atoms with Gasteiger partial charge in [0.2, 0.25) is 11.0 Å². The van der Waals surface area contributed by atoms with E-state index in [-0.39, 0.29) is 5.91 Å². The Morgan fingerprint density at radius 3 is 2.55 bits per heavy atom. The second-order valence-electron chi connectivity index (χ2n) is 4.99. The predicted octanol–water partition coefficient (Wildman–Crippen LogP) is 3.64.